The average molecular weight is 228 g/mol. The Balaban J connectivity index is 1.95. The van der Waals surface area contributed by atoms with Crippen molar-refractivity contribution in [3.63, 3.8) is 0 Å². The van der Waals surface area contributed by atoms with Crippen molar-refractivity contribution < 1.29 is 4.42 Å². The third kappa shape index (κ3) is 1.75. The van der Waals surface area contributed by atoms with Gasteiger partial charge in [-0.1, -0.05) is 12.1 Å². The van der Waals surface area contributed by atoms with Crippen LogP contribution >= 0.6 is 11.3 Å². The molecule has 16 heavy (non-hydrogen) atoms. The lowest BCUT2D eigenvalue weighted by atomic mass is 10.3. The largest absolute Gasteiger partial charge is 0.451 e. The third-order valence-corrected chi connectivity index (χ3v) is 3.16. The monoisotopic (exact) mass is 228 g/mol. The number of para-hydroxylation sites is 1. The van der Waals surface area contributed by atoms with Gasteiger partial charge >= 0.3 is 0 Å². The van der Waals surface area contributed by atoms with E-state index in [-0.39, 0.29) is 0 Å². The van der Waals surface area contributed by atoms with Crippen molar-refractivity contribution in [2.24, 2.45) is 0 Å². The molecular formula is C12H8N2OS. The standard InChI is InChI=1S/C12H8N2OS/c1-2-4-11-10(3-1)14-12(16-11)6-5-9-7-15-8-13-9/h1-8H/b6-5+. The maximum absolute atomic E-state index is 4.88. The summed E-state index contributed by atoms with van der Waals surface area (Å²) >= 11 is 1.66. The molecule has 0 atom stereocenters. The molecule has 0 saturated heterocycles. The predicted molar refractivity (Wildman–Crippen MR) is 65.1 cm³/mol. The Morgan fingerprint density at radius 3 is 2.94 bits per heavy atom. The van der Waals surface area contributed by atoms with Crippen LogP contribution in [0.15, 0.2) is 41.3 Å². The van der Waals surface area contributed by atoms with Gasteiger partial charge in [0.15, 0.2) is 6.39 Å². The Kier molecular flexibility index (Phi) is 2.27. The second kappa shape index (κ2) is 3.90. The Bertz CT molecular complexity index is 592. The van der Waals surface area contributed by atoms with Crippen LogP contribution in [-0.2, 0) is 0 Å². The summed E-state index contributed by atoms with van der Waals surface area (Å²) in [5.41, 5.74) is 1.84. The van der Waals surface area contributed by atoms with Gasteiger partial charge in [-0.2, -0.15) is 0 Å². The summed E-state index contributed by atoms with van der Waals surface area (Å²) in [6.45, 7) is 0. The molecule has 0 bridgehead atoms. The molecule has 1 aromatic carbocycles. The maximum Gasteiger partial charge on any atom is 0.181 e. The molecule has 0 amide bonds. The minimum absolute atomic E-state index is 0.805. The maximum atomic E-state index is 4.88. The number of rotatable bonds is 2. The van der Waals surface area contributed by atoms with Gasteiger partial charge in [-0.3, -0.25) is 0 Å². The van der Waals surface area contributed by atoms with Crippen LogP contribution < -0.4 is 0 Å². The lowest BCUT2D eigenvalue weighted by Gasteiger charge is -1.80. The van der Waals surface area contributed by atoms with Crippen LogP contribution in [0, 0.1) is 0 Å². The minimum atomic E-state index is 0.805. The molecule has 0 aliphatic rings. The normalized spacial score (nSPS) is 11.5. The number of thiazole rings is 1. The van der Waals surface area contributed by atoms with E-state index >= 15 is 0 Å². The van der Waals surface area contributed by atoms with Crippen molar-refractivity contribution in [1.29, 1.82) is 0 Å². The predicted octanol–water partition coefficient (Wildman–Crippen LogP) is 3.45. The van der Waals surface area contributed by atoms with E-state index in [0.717, 1.165) is 16.2 Å². The highest BCUT2D eigenvalue weighted by Gasteiger charge is 1.99. The van der Waals surface area contributed by atoms with Gasteiger partial charge in [0.05, 0.1) is 10.2 Å². The fraction of sp³-hybridized carbons (Fsp3) is 0. The van der Waals surface area contributed by atoms with Gasteiger partial charge < -0.3 is 4.42 Å². The van der Waals surface area contributed by atoms with Crippen molar-refractivity contribution in [1.82, 2.24) is 9.97 Å². The average Bonchev–Trinajstić information content (AvgIpc) is 2.95. The van der Waals surface area contributed by atoms with E-state index in [1.54, 1.807) is 17.6 Å². The Morgan fingerprint density at radius 1 is 1.19 bits per heavy atom. The van der Waals surface area contributed by atoms with Crippen molar-refractivity contribution in [3.8, 4) is 0 Å². The summed E-state index contributed by atoms with van der Waals surface area (Å²) in [5.74, 6) is 0. The Labute approximate surface area is 96.1 Å². The second-order valence-corrected chi connectivity index (χ2v) is 4.33. The lowest BCUT2D eigenvalue weighted by Crippen LogP contribution is -1.69. The summed E-state index contributed by atoms with van der Waals surface area (Å²) in [5, 5.41) is 0.976. The van der Waals surface area contributed by atoms with E-state index in [1.165, 1.54) is 11.1 Å². The van der Waals surface area contributed by atoms with Crippen molar-refractivity contribution >= 4 is 33.7 Å². The quantitative estimate of drug-likeness (QED) is 0.674. The molecule has 0 spiro atoms. The van der Waals surface area contributed by atoms with Crippen LogP contribution in [-0.4, -0.2) is 9.97 Å². The van der Waals surface area contributed by atoms with E-state index in [9.17, 15) is 0 Å². The van der Waals surface area contributed by atoms with E-state index in [4.69, 9.17) is 4.42 Å². The van der Waals surface area contributed by atoms with Crippen LogP contribution in [0.5, 0.6) is 0 Å². The van der Waals surface area contributed by atoms with Crippen molar-refractivity contribution in [2.45, 2.75) is 0 Å². The first-order valence-corrected chi connectivity index (χ1v) is 5.65. The van der Waals surface area contributed by atoms with Gasteiger partial charge in [0.1, 0.15) is 17.0 Å². The molecule has 0 saturated carbocycles. The topological polar surface area (TPSA) is 38.9 Å². The lowest BCUT2D eigenvalue weighted by molar-refractivity contribution is 0.557. The van der Waals surface area contributed by atoms with Crippen molar-refractivity contribution in [2.75, 3.05) is 0 Å². The molecule has 3 rings (SSSR count). The van der Waals surface area contributed by atoms with Gasteiger partial charge in [-0.05, 0) is 24.3 Å². The minimum Gasteiger partial charge on any atom is -0.451 e. The van der Waals surface area contributed by atoms with Gasteiger partial charge in [0.25, 0.3) is 0 Å². The van der Waals surface area contributed by atoms with E-state index in [1.807, 2.05) is 30.4 Å². The van der Waals surface area contributed by atoms with Gasteiger partial charge in [0.2, 0.25) is 0 Å². The van der Waals surface area contributed by atoms with Crippen molar-refractivity contribution in [3.05, 3.63) is 47.6 Å². The van der Waals surface area contributed by atoms with Crippen LogP contribution in [0.2, 0.25) is 0 Å². The highest BCUT2D eigenvalue weighted by Crippen LogP contribution is 2.22. The smallest absolute Gasteiger partial charge is 0.181 e. The number of aromatic nitrogens is 2. The highest BCUT2D eigenvalue weighted by molar-refractivity contribution is 7.19. The molecule has 2 aromatic heterocycles. The molecule has 0 radical (unpaired) electrons. The number of fused-ring (bicyclic) bond motifs is 1. The molecule has 3 nitrogen and oxygen atoms in total. The third-order valence-electron chi connectivity index (χ3n) is 2.16. The first-order chi connectivity index (χ1) is 7.92. The summed E-state index contributed by atoms with van der Waals surface area (Å²) in [6, 6.07) is 8.10. The van der Waals surface area contributed by atoms with Crippen LogP contribution in [0.3, 0.4) is 0 Å². The molecule has 78 valence electrons. The zero-order chi connectivity index (χ0) is 10.8. The summed E-state index contributed by atoms with van der Waals surface area (Å²) in [7, 11) is 0. The van der Waals surface area contributed by atoms with Gasteiger partial charge in [-0.25, -0.2) is 9.97 Å². The van der Waals surface area contributed by atoms with Crippen LogP contribution in [0.1, 0.15) is 10.7 Å². The highest BCUT2D eigenvalue weighted by atomic mass is 32.1. The summed E-state index contributed by atoms with van der Waals surface area (Å²) in [4.78, 5) is 8.49. The molecular weight excluding hydrogens is 220 g/mol. The van der Waals surface area contributed by atoms with E-state index in [0.29, 0.717) is 0 Å². The zero-order valence-corrected chi connectivity index (χ0v) is 9.15. The molecule has 0 aliphatic heterocycles. The summed E-state index contributed by atoms with van der Waals surface area (Å²) in [6.07, 6.45) is 6.85. The van der Waals surface area contributed by atoms with Gasteiger partial charge in [-0.15, -0.1) is 11.3 Å². The Hall–Kier alpha value is -1.94. The first kappa shape index (κ1) is 9.30. The molecule has 3 aromatic rings. The fourth-order valence-electron chi connectivity index (χ4n) is 1.42. The number of oxazole rings is 1. The second-order valence-electron chi connectivity index (χ2n) is 3.27. The number of nitrogens with zero attached hydrogens (tertiary/aromatic N) is 2. The number of hydrogen-bond donors (Lipinski definition) is 0. The van der Waals surface area contributed by atoms with Gasteiger partial charge in [0, 0.05) is 0 Å². The molecule has 2 heterocycles. The molecule has 0 fully saturated rings. The first-order valence-electron chi connectivity index (χ1n) is 4.84. The summed E-state index contributed by atoms with van der Waals surface area (Å²) < 4.78 is 6.08. The molecule has 0 unspecified atom stereocenters. The molecule has 0 aliphatic carbocycles. The van der Waals surface area contributed by atoms with E-state index < -0.39 is 0 Å². The number of benzene rings is 1. The fourth-order valence-corrected chi connectivity index (χ4v) is 2.29. The SMILES string of the molecule is C(=C\c1nc2ccccc2s1)/c1cocn1. The molecule has 0 N–H and O–H groups in total. The number of hydrogen-bond acceptors (Lipinski definition) is 4. The zero-order valence-electron chi connectivity index (χ0n) is 8.33. The van der Waals surface area contributed by atoms with Crippen LogP contribution in [0.25, 0.3) is 22.4 Å². The Morgan fingerprint density at radius 2 is 2.12 bits per heavy atom. The van der Waals surface area contributed by atoms with E-state index in [2.05, 4.69) is 16.0 Å². The molecule has 4 heteroatoms. The van der Waals surface area contributed by atoms with Crippen LogP contribution in [0.4, 0.5) is 0 Å².